The number of amides is 2. The van der Waals surface area contributed by atoms with Crippen molar-refractivity contribution in [1.29, 1.82) is 0 Å². The minimum Gasteiger partial charge on any atom is -0.496 e. The van der Waals surface area contributed by atoms with E-state index in [2.05, 4.69) is 10.2 Å². The number of hydrogen-bond acceptors (Lipinski definition) is 10. The minimum atomic E-state index is -1.45. The van der Waals surface area contributed by atoms with Crippen LogP contribution >= 0.6 is 11.3 Å². The number of aromatic nitrogens is 3. The van der Waals surface area contributed by atoms with Crippen LogP contribution in [0.25, 0.3) is 5.00 Å². The molecule has 3 atom stereocenters. The fourth-order valence-corrected chi connectivity index (χ4v) is 6.79. The molecule has 0 saturated carbocycles. The zero-order chi connectivity index (χ0) is 29.5. The third-order valence-electron chi connectivity index (χ3n) is 7.53. The van der Waals surface area contributed by atoms with Gasteiger partial charge in [0.15, 0.2) is 0 Å². The molecule has 4 heterocycles. The number of thiophene rings is 1. The quantitative estimate of drug-likeness (QED) is 0.356. The standard InChI is InChI=1S/C27H33FN6O6S/c1-16-22-23(36)33(27(2)13-21(35)31(3)15-27)26(37)32(25(22)41-24(16)34-29-8-9-30-34)14-20(40-11-10-38-4)18-12-17(28)6-7-19(18)39-5/h6-9,12,20,26,37H,10-11,13-15H2,1-5H3/t20-,26?,27+/m0/s1. The van der Waals surface area contributed by atoms with E-state index in [0.29, 0.717) is 32.4 Å². The molecule has 1 fully saturated rings. The second kappa shape index (κ2) is 11.4. The van der Waals surface area contributed by atoms with Crippen molar-refractivity contribution in [3.63, 3.8) is 0 Å². The zero-order valence-corrected chi connectivity index (χ0v) is 24.4. The van der Waals surface area contributed by atoms with Crippen molar-refractivity contribution in [2.45, 2.75) is 38.3 Å². The van der Waals surface area contributed by atoms with Crippen molar-refractivity contribution < 1.29 is 33.3 Å². The third kappa shape index (κ3) is 5.16. The van der Waals surface area contributed by atoms with Gasteiger partial charge in [0.25, 0.3) is 5.91 Å². The largest absolute Gasteiger partial charge is 0.496 e. The highest BCUT2D eigenvalue weighted by atomic mass is 32.1. The van der Waals surface area contributed by atoms with Crippen molar-refractivity contribution in [2.75, 3.05) is 52.5 Å². The molecule has 220 valence electrons. The first kappa shape index (κ1) is 28.9. The number of methoxy groups -OCH3 is 2. The molecular weight excluding hydrogens is 555 g/mol. The number of aliphatic hydroxyl groups is 1. The lowest BCUT2D eigenvalue weighted by Gasteiger charge is -2.48. The number of halogens is 1. The topological polar surface area (TPSA) is 122 Å². The molecule has 3 aromatic rings. The Bertz CT molecular complexity index is 1430. The number of rotatable bonds is 10. The number of hydrogen-bond donors (Lipinski definition) is 1. The Morgan fingerprint density at radius 2 is 1.93 bits per heavy atom. The first-order valence-corrected chi connectivity index (χ1v) is 13.9. The van der Waals surface area contributed by atoms with Gasteiger partial charge in [-0.15, -0.1) is 4.80 Å². The monoisotopic (exact) mass is 588 g/mol. The first-order valence-electron chi connectivity index (χ1n) is 13.1. The summed E-state index contributed by atoms with van der Waals surface area (Å²) in [6, 6.07) is 4.15. The van der Waals surface area contributed by atoms with Crippen LogP contribution in [0.4, 0.5) is 9.39 Å². The van der Waals surface area contributed by atoms with E-state index < -0.39 is 29.7 Å². The molecule has 2 amide bonds. The summed E-state index contributed by atoms with van der Waals surface area (Å²) in [6.45, 7) is 4.33. The maximum absolute atomic E-state index is 14.5. The van der Waals surface area contributed by atoms with E-state index in [1.807, 2.05) is 0 Å². The third-order valence-corrected chi connectivity index (χ3v) is 8.83. The summed E-state index contributed by atoms with van der Waals surface area (Å²) >= 11 is 1.25. The summed E-state index contributed by atoms with van der Waals surface area (Å²) in [5, 5.41) is 21.5. The number of nitrogens with zero attached hydrogens (tertiary/aromatic N) is 6. The van der Waals surface area contributed by atoms with Crippen molar-refractivity contribution in [2.24, 2.45) is 0 Å². The van der Waals surface area contributed by atoms with E-state index in [0.717, 1.165) is 0 Å². The second-order valence-corrected chi connectivity index (χ2v) is 11.3. The van der Waals surface area contributed by atoms with Gasteiger partial charge in [-0.2, -0.15) is 10.2 Å². The van der Waals surface area contributed by atoms with Gasteiger partial charge in [0.1, 0.15) is 27.7 Å². The molecule has 0 bridgehead atoms. The van der Waals surface area contributed by atoms with Gasteiger partial charge in [0.2, 0.25) is 12.3 Å². The van der Waals surface area contributed by atoms with Crippen LogP contribution in [0.15, 0.2) is 30.6 Å². The Morgan fingerprint density at radius 3 is 2.56 bits per heavy atom. The predicted molar refractivity (Wildman–Crippen MR) is 148 cm³/mol. The second-order valence-electron chi connectivity index (χ2n) is 10.4. The van der Waals surface area contributed by atoms with Crippen LogP contribution in [-0.2, 0) is 14.3 Å². The molecule has 12 nitrogen and oxygen atoms in total. The Labute approximate surface area is 240 Å². The van der Waals surface area contributed by atoms with Gasteiger partial charge >= 0.3 is 0 Å². The van der Waals surface area contributed by atoms with Gasteiger partial charge in [0.05, 0.1) is 56.8 Å². The van der Waals surface area contributed by atoms with Crippen LogP contribution in [0, 0.1) is 12.7 Å². The van der Waals surface area contributed by atoms with E-state index in [4.69, 9.17) is 14.2 Å². The smallest absolute Gasteiger partial charge is 0.261 e. The molecule has 2 aromatic heterocycles. The highest BCUT2D eigenvalue weighted by Gasteiger charge is 2.52. The molecule has 1 saturated heterocycles. The Morgan fingerprint density at radius 1 is 1.20 bits per heavy atom. The number of likely N-dealkylation sites (N-methyl/N-ethyl adjacent to an activating group) is 1. The molecule has 1 unspecified atom stereocenters. The van der Waals surface area contributed by atoms with Crippen LogP contribution in [0.3, 0.4) is 0 Å². The first-order chi connectivity index (χ1) is 19.6. The lowest BCUT2D eigenvalue weighted by molar-refractivity contribution is -0.126. The molecule has 0 radical (unpaired) electrons. The summed E-state index contributed by atoms with van der Waals surface area (Å²) < 4.78 is 31.3. The number of anilines is 1. The van der Waals surface area contributed by atoms with E-state index in [1.54, 1.807) is 37.8 Å². The Hall–Kier alpha value is -3.59. The SMILES string of the molecule is COCCO[C@@H](CN1c2sc(-n3nccn3)c(C)c2C(=O)N([C@]2(C)CC(=O)N(C)C2)C1O)c1cc(F)ccc1OC. The Balaban J connectivity index is 1.63. The average molecular weight is 589 g/mol. The Kier molecular flexibility index (Phi) is 8.01. The summed E-state index contributed by atoms with van der Waals surface area (Å²) in [5.74, 6) is -0.593. The molecule has 41 heavy (non-hydrogen) atoms. The minimum absolute atomic E-state index is 0.0211. The number of carbonyl (C=O) groups excluding carboxylic acids is 2. The average Bonchev–Trinajstić information content (AvgIpc) is 3.64. The van der Waals surface area contributed by atoms with Crippen LogP contribution < -0.4 is 9.64 Å². The fraction of sp³-hybridized carbons (Fsp3) is 0.481. The van der Waals surface area contributed by atoms with Crippen LogP contribution in [0.2, 0.25) is 0 Å². The van der Waals surface area contributed by atoms with Crippen molar-refractivity contribution >= 4 is 28.2 Å². The van der Waals surface area contributed by atoms with Crippen LogP contribution in [-0.4, -0.2) is 101 Å². The van der Waals surface area contributed by atoms with Gasteiger partial charge in [-0.05, 0) is 32.0 Å². The molecule has 1 N–H and O–H groups in total. The maximum atomic E-state index is 14.5. The maximum Gasteiger partial charge on any atom is 0.261 e. The van der Waals surface area contributed by atoms with Crippen LogP contribution in [0.5, 0.6) is 5.75 Å². The van der Waals surface area contributed by atoms with Gasteiger partial charge in [-0.25, -0.2) is 4.39 Å². The summed E-state index contributed by atoms with van der Waals surface area (Å²) in [5.41, 5.74) is 0.456. The van der Waals surface area contributed by atoms with E-state index in [9.17, 15) is 19.1 Å². The van der Waals surface area contributed by atoms with E-state index in [-0.39, 0.29) is 38.6 Å². The molecule has 0 spiro atoms. The van der Waals surface area contributed by atoms with Gasteiger partial charge in [-0.1, -0.05) is 11.3 Å². The van der Waals surface area contributed by atoms with Gasteiger partial charge < -0.3 is 29.1 Å². The summed E-state index contributed by atoms with van der Waals surface area (Å²) in [6.07, 6.45) is 0.884. The summed E-state index contributed by atoms with van der Waals surface area (Å²) in [4.78, 5) is 32.7. The van der Waals surface area contributed by atoms with Gasteiger partial charge in [0, 0.05) is 31.8 Å². The summed E-state index contributed by atoms with van der Waals surface area (Å²) in [7, 11) is 4.70. The predicted octanol–water partition coefficient (Wildman–Crippen LogP) is 2.35. The molecule has 14 heteroatoms. The molecule has 5 rings (SSSR count). The number of benzene rings is 1. The lowest BCUT2D eigenvalue weighted by Crippen LogP contribution is -2.64. The number of likely N-dealkylation sites (tertiary alicyclic amines) is 1. The van der Waals surface area contributed by atoms with Crippen molar-refractivity contribution in [3.05, 3.63) is 53.1 Å². The fourth-order valence-electron chi connectivity index (χ4n) is 5.55. The van der Waals surface area contributed by atoms with Gasteiger partial charge in [-0.3, -0.25) is 14.5 Å². The highest BCUT2D eigenvalue weighted by molar-refractivity contribution is 7.19. The number of ether oxygens (including phenoxy) is 3. The molecule has 2 aliphatic rings. The lowest BCUT2D eigenvalue weighted by atomic mass is 9.95. The van der Waals surface area contributed by atoms with Crippen molar-refractivity contribution in [3.8, 4) is 10.8 Å². The number of fused-ring (bicyclic) bond motifs is 1. The van der Waals surface area contributed by atoms with E-state index in [1.165, 1.54) is 58.7 Å². The van der Waals surface area contributed by atoms with Crippen LogP contribution in [0.1, 0.15) is 40.9 Å². The molecule has 1 aromatic carbocycles. The molecule has 2 aliphatic heterocycles. The number of carbonyl (C=O) groups is 2. The molecule has 0 aliphatic carbocycles. The normalized spacial score (nSPS) is 21.5. The van der Waals surface area contributed by atoms with E-state index >= 15 is 0 Å². The van der Waals surface area contributed by atoms with Crippen molar-refractivity contribution in [1.82, 2.24) is 24.8 Å². The number of aliphatic hydroxyl groups excluding tert-OH is 1. The molecular formula is C27H33FN6O6S. The highest BCUT2D eigenvalue weighted by Crippen LogP contribution is 2.46. The zero-order valence-electron chi connectivity index (χ0n) is 23.5.